The predicted octanol–water partition coefficient (Wildman–Crippen LogP) is 2.14. The van der Waals surface area contributed by atoms with Gasteiger partial charge in [-0.15, -0.1) is 0 Å². The largest absolute Gasteiger partial charge is 0.493 e. The Morgan fingerprint density at radius 3 is 2.53 bits per heavy atom. The number of carbonyl (C=O) groups is 1. The first kappa shape index (κ1) is 22.1. The summed E-state index contributed by atoms with van der Waals surface area (Å²) >= 11 is 0. The van der Waals surface area contributed by atoms with Crippen molar-refractivity contribution in [3.63, 3.8) is 0 Å². The van der Waals surface area contributed by atoms with Gasteiger partial charge in [-0.05, 0) is 41.7 Å². The van der Waals surface area contributed by atoms with Crippen LogP contribution >= 0.6 is 0 Å². The molecule has 0 radical (unpaired) electrons. The van der Waals surface area contributed by atoms with Crippen LogP contribution in [0.15, 0.2) is 42.5 Å². The highest BCUT2D eigenvalue weighted by molar-refractivity contribution is 7.89. The average Bonchev–Trinajstić information content (AvgIpc) is 2.76. The molecule has 0 unspecified atom stereocenters. The van der Waals surface area contributed by atoms with Gasteiger partial charge in [0, 0.05) is 19.6 Å². The fraction of sp³-hybridized carbons (Fsp3) is 0.409. The molecular formula is C22H28N2O5S. The van der Waals surface area contributed by atoms with E-state index in [2.05, 4.69) is 5.32 Å². The van der Waals surface area contributed by atoms with Crippen LogP contribution in [0.25, 0.3) is 0 Å². The maximum absolute atomic E-state index is 12.6. The van der Waals surface area contributed by atoms with Crippen molar-refractivity contribution in [1.29, 1.82) is 0 Å². The van der Waals surface area contributed by atoms with E-state index in [1.807, 2.05) is 24.3 Å². The lowest BCUT2D eigenvalue weighted by Crippen LogP contribution is -2.38. The summed E-state index contributed by atoms with van der Waals surface area (Å²) in [5, 5.41) is 2.79. The van der Waals surface area contributed by atoms with E-state index in [-0.39, 0.29) is 18.1 Å². The predicted molar refractivity (Wildman–Crippen MR) is 115 cm³/mol. The van der Waals surface area contributed by atoms with Gasteiger partial charge in [-0.2, -0.15) is 4.31 Å². The second kappa shape index (κ2) is 9.95. The molecule has 7 nitrogen and oxygen atoms in total. The van der Waals surface area contributed by atoms with Gasteiger partial charge in [0.05, 0.1) is 26.4 Å². The Labute approximate surface area is 178 Å². The van der Waals surface area contributed by atoms with Crippen molar-refractivity contribution in [1.82, 2.24) is 9.62 Å². The summed E-state index contributed by atoms with van der Waals surface area (Å²) in [4.78, 5) is 12.2. The summed E-state index contributed by atoms with van der Waals surface area (Å²) in [6, 6.07) is 13.3. The number of fused-ring (bicyclic) bond motifs is 1. The Morgan fingerprint density at radius 1 is 1.07 bits per heavy atom. The molecule has 3 rings (SSSR count). The molecule has 0 aliphatic carbocycles. The van der Waals surface area contributed by atoms with E-state index in [0.29, 0.717) is 37.6 Å². The number of hydrogen-bond acceptors (Lipinski definition) is 5. The first-order valence-electron chi connectivity index (χ1n) is 9.95. The number of carbonyl (C=O) groups excluding carboxylic acids is 1. The maximum atomic E-state index is 12.6. The zero-order valence-corrected chi connectivity index (χ0v) is 18.2. The van der Waals surface area contributed by atoms with Crippen molar-refractivity contribution >= 4 is 15.9 Å². The van der Waals surface area contributed by atoms with E-state index in [0.717, 1.165) is 17.5 Å². The van der Waals surface area contributed by atoms with E-state index >= 15 is 0 Å². The summed E-state index contributed by atoms with van der Waals surface area (Å²) in [7, 11) is -0.247. The molecule has 1 aliphatic heterocycles. The standard InChI is InChI=1S/C22H28N2O5S/c1-28-20-9-8-17(14-21(20)29-2)15-22(25)23-11-5-13-30(26,27)24-12-10-18-6-3-4-7-19(18)16-24/h3-4,6-9,14H,5,10-13,15-16H2,1-2H3,(H,23,25). The van der Waals surface area contributed by atoms with Crippen LogP contribution in [0.4, 0.5) is 0 Å². The average molecular weight is 433 g/mol. The number of benzene rings is 2. The molecule has 1 N–H and O–H groups in total. The summed E-state index contributed by atoms with van der Waals surface area (Å²) < 4.78 is 37.3. The Morgan fingerprint density at radius 2 is 1.80 bits per heavy atom. The number of nitrogens with zero attached hydrogens (tertiary/aromatic N) is 1. The lowest BCUT2D eigenvalue weighted by molar-refractivity contribution is -0.120. The third-order valence-electron chi connectivity index (χ3n) is 5.20. The molecule has 0 bridgehead atoms. The topological polar surface area (TPSA) is 84.9 Å². The second-order valence-corrected chi connectivity index (χ2v) is 9.33. The van der Waals surface area contributed by atoms with Crippen molar-refractivity contribution in [3.05, 3.63) is 59.2 Å². The summed E-state index contributed by atoms with van der Waals surface area (Å²) in [5.74, 6) is 1.03. The van der Waals surface area contributed by atoms with Gasteiger partial charge in [-0.1, -0.05) is 30.3 Å². The number of amides is 1. The van der Waals surface area contributed by atoms with Crippen molar-refractivity contribution < 1.29 is 22.7 Å². The highest BCUT2D eigenvalue weighted by Gasteiger charge is 2.26. The van der Waals surface area contributed by atoms with Gasteiger partial charge in [0.25, 0.3) is 0 Å². The van der Waals surface area contributed by atoms with E-state index in [9.17, 15) is 13.2 Å². The van der Waals surface area contributed by atoms with Crippen LogP contribution in [0, 0.1) is 0 Å². The van der Waals surface area contributed by atoms with E-state index in [1.165, 1.54) is 5.56 Å². The van der Waals surface area contributed by atoms with Gasteiger partial charge in [-0.3, -0.25) is 4.79 Å². The van der Waals surface area contributed by atoms with Crippen LogP contribution in [0.1, 0.15) is 23.1 Å². The molecule has 8 heteroatoms. The molecule has 1 aliphatic rings. The van der Waals surface area contributed by atoms with Crippen molar-refractivity contribution in [2.45, 2.75) is 25.8 Å². The highest BCUT2D eigenvalue weighted by atomic mass is 32.2. The fourth-order valence-electron chi connectivity index (χ4n) is 3.56. The minimum atomic E-state index is -3.35. The number of hydrogen-bond donors (Lipinski definition) is 1. The third-order valence-corrected chi connectivity index (χ3v) is 7.11. The van der Waals surface area contributed by atoms with Crippen LogP contribution in [-0.4, -0.2) is 51.7 Å². The fourth-order valence-corrected chi connectivity index (χ4v) is 5.03. The second-order valence-electron chi connectivity index (χ2n) is 7.24. The minimum Gasteiger partial charge on any atom is -0.493 e. The molecule has 1 heterocycles. The Bertz CT molecular complexity index is 991. The molecule has 2 aromatic rings. The molecule has 0 fully saturated rings. The Hall–Kier alpha value is -2.58. The van der Waals surface area contributed by atoms with Crippen LogP contribution in [0.5, 0.6) is 11.5 Å². The number of nitrogens with one attached hydrogen (secondary N) is 1. The molecule has 0 spiro atoms. The van der Waals surface area contributed by atoms with Gasteiger partial charge < -0.3 is 14.8 Å². The van der Waals surface area contributed by atoms with Crippen molar-refractivity contribution in [3.8, 4) is 11.5 Å². The minimum absolute atomic E-state index is 0.0196. The van der Waals surface area contributed by atoms with Crippen molar-refractivity contribution in [2.75, 3.05) is 33.1 Å². The molecule has 30 heavy (non-hydrogen) atoms. The van der Waals surface area contributed by atoms with E-state index < -0.39 is 10.0 Å². The zero-order valence-electron chi connectivity index (χ0n) is 17.4. The first-order valence-corrected chi connectivity index (χ1v) is 11.6. The third kappa shape index (κ3) is 5.52. The van der Waals surface area contributed by atoms with Crippen LogP contribution in [0.2, 0.25) is 0 Å². The molecule has 0 aromatic heterocycles. The van der Waals surface area contributed by atoms with Gasteiger partial charge in [0.2, 0.25) is 15.9 Å². The van der Waals surface area contributed by atoms with Gasteiger partial charge in [0.15, 0.2) is 11.5 Å². The van der Waals surface area contributed by atoms with Crippen molar-refractivity contribution in [2.24, 2.45) is 0 Å². The molecule has 0 saturated carbocycles. The highest BCUT2D eigenvalue weighted by Crippen LogP contribution is 2.27. The number of rotatable bonds is 9. The van der Waals surface area contributed by atoms with Crippen LogP contribution < -0.4 is 14.8 Å². The number of ether oxygens (including phenoxy) is 2. The molecule has 162 valence electrons. The zero-order chi connectivity index (χ0) is 21.6. The lowest BCUT2D eigenvalue weighted by atomic mass is 10.0. The molecule has 2 aromatic carbocycles. The molecular weight excluding hydrogens is 404 g/mol. The monoisotopic (exact) mass is 432 g/mol. The quantitative estimate of drug-likeness (QED) is 0.614. The first-order chi connectivity index (χ1) is 14.4. The summed E-state index contributed by atoms with van der Waals surface area (Å²) in [6.07, 6.45) is 1.30. The number of sulfonamides is 1. The lowest BCUT2D eigenvalue weighted by Gasteiger charge is -2.28. The smallest absolute Gasteiger partial charge is 0.224 e. The SMILES string of the molecule is COc1ccc(CC(=O)NCCCS(=O)(=O)N2CCc3ccccc3C2)cc1OC. The van der Waals surface area contributed by atoms with Gasteiger partial charge in [-0.25, -0.2) is 8.42 Å². The van der Waals surface area contributed by atoms with E-state index in [1.54, 1.807) is 36.7 Å². The van der Waals surface area contributed by atoms with E-state index in [4.69, 9.17) is 9.47 Å². The summed E-state index contributed by atoms with van der Waals surface area (Å²) in [5.41, 5.74) is 3.08. The normalized spacial score (nSPS) is 14.1. The van der Waals surface area contributed by atoms with Gasteiger partial charge >= 0.3 is 0 Å². The molecule has 1 amide bonds. The maximum Gasteiger partial charge on any atom is 0.224 e. The summed E-state index contributed by atoms with van der Waals surface area (Å²) in [6.45, 7) is 1.24. The number of methoxy groups -OCH3 is 2. The Balaban J connectivity index is 1.45. The Kier molecular flexibility index (Phi) is 7.33. The van der Waals surface area contributed by atoms with Crippen LogP contribution in [-0.2, 0) is 34.2 Å². The van der Waals surface area contributed by atoms with Crippen LogP contribution in [0.3, 0.4) is 0 Å². The molecule has 0 saturated heterocycles. The molecule has 0 atom stereocenters. The van der Waals surface area contributed by atoms with Gasteiger partial charge in [0.1, 0.15) is 0 Å².